The van der Waals surface area contributed by atoms with Crippen molar-refractivity contribution in [1.29, 1.82) is 0 Å². The first kappa shape index (κ1) is 10.9. The average Bonchev–Trinajstić information content (AvgIpc) is 2.25. The molecule has 2 aliphatic heterocycles. The number of nitrogens with one attached hydrogen (secondary N) is 1. The second-order valence-electron chi connectivity index (χ2n) is 5.00. The Morgan fingerprint density at radius 2 is 2.27 bits per heavy atom. The molecule has 15 heavy (non-hydrogen) atoms. The van der Waals surface area contributed by atoms with Gasteiger partial charge in [0.25, 0.3) is 0 Å². The van der Waals surface area contributed by atoms with Gasteiger partial charge in [-0.3, -0.25) is 4.79 Å². The number of carbonyl (C=O) groups excluding carboxylic acids is 1. The van der Waals surface area contributed by atoms with Gasteiger partial charge in [-0.1, -0.05) is 0 Å². The molecule has 2 unspecified atom stereocenters. The van der Waals surface area contributed by atoms with E-state index in [2.05, 4.69) is 17.1 Å². The van der Waals surface area contributed by atoms with Gasteiger partial charge in [0.1, 0.15) is 0 Å². The van der Waals surface area contributed by atoms with Gasteiger partial charge in [-0.15, -0.1) is 0 Å². The van der Waals surface area contributed by atoms with Crippen LogP contribution in [0.4, 0.5) is 0 Å². The number of nitrogens with zero attached hydrogens (tertiary/aromatic N) is 1. The zero-order valence-corrected chi connectivity index (χ0v) is 9.67. The van der Waals surface area contributed by atoms with E-state index in [1.165, 1.54) is 19.3 Å². The van der Waals surface area contributed by atoms with Crippen LogP contribution in [-0.4, -0.2) is 36.5 Å². The monoisotopic (exact) mass is 210 g/mol. The number of piperidine rings is 2. The highest BCUT2D eigenvalue weighted by Crippen LogP contribution is 2.21. The largest absolute Gasteiger partial charge is 0.340 e. The van der Waals surface area contributed by atoms with Crippen molar-refractivity contribution in [2.45, 2.75) is 45.1 Å². The molecule has 0 aromatic rings. The van der Waals surface area contributed by atoms with Crippen molar-refractivity contribution in [2.24, 2.45) is 5.92 Å². The van der Waals surface area contributed by atoms with Gasteiger partial charge in [0.15, 0.2) is 0 Å². The van der Waals surface area contributed by atoms with Crippen molar-refractivity contribution >= 4 is 5.91 Å². The quantitative estimate of drug-likeness (QED) is 0.747. The summed E-state index contributed by atoms with van der Waals surface area (Å²) in [5, 5.41) is 3.42. The molecule has 86 valence electrons. The lowest BCUT2D eigenvalue weighted by Crippen LogP contribution is -2.47. The molecule has 0 aliphatic carbocycles. The number of hydrogen-bond acceptors (Lipinski definition) is 2. The van der Waals surface area contributed by atoms with E-state index in [-0.39, 0.29) is 0 Å². The van der Waals surface area contributed by atoms with Crippen LogP contribution in [0.2, 0.25) is 0 Å². The Hall–Kier alpha value is -0.570. The summed E-state index contributed by atoms with van der Waals surface area (Å²) in [6.45, 7) is 5.41. The Bertz CT molecular complexity index is 224. The van der Waals surface area contributed by atoms with Gasteiger partial charge in [-0.25, -0.2) is 0 Å². The number of amides is 1. The van der Waals surface area contributed by atoms with Crippen molar-refractivity contribution in [1.82, 2.24) is 10.2 Å². The van der Waals surface area contributed by atoms with Crippen molar-refractivity contribution in [3.05, 3.63) is 0 Å². The molecule has 1 amide bonds. The van der Waals surface area contributed by atoms with Crippen LogP contribution in [0, 0.1) is 5.92 Å². The van der Waals surface area contributed by atoms with Crippen LogP contribution in [0.5, 0.6) is 0 Å². The molecule has 2 heterocycles. The first-order chi connectivity index (χ1) is 7.27. The third kappa shape index (κ3) is 2.71. The van der Waals surface area contributed by atoms with E-state index in [0.717, 1.165) is 32.5 Å². The minimum absolute atomic E-state index is 0.374. The van der Waals surface area contributed by atoms with E-state index >= 15 is 0 Å². The maximum Gasteiger partial charge on any atom is 0.222 e. The lowest BCUT2D eigenvalue weighted by Gasteiger charge is -2.37. The van der Waals surface area contributed by atoms with Crippen molar-refractivity contribution in [3.8, 4) is 0 Å². The van der Waals surface area contributed by atoms with E-state index in [0.29, 0.717) is 17.9 Å². The number of likely N-dealkylation sites (tertiary alicyclic amines) is 1. The molecule has 2 rings (SSSR count). The lowest BCUT2D eigenvalue weighted by molar-refractivity contribution is -0.136. The lowest BCUT2D eigenvalue weighted by atomic mass is 9.95. The molecule has 1 N–H and O–H groups in total. The van der Waals surface area contributed by atoms with Gasteiger partial charge >= 0.3 is 0 Å². The van der Waals surface area contributed by atoms with E-state index in [1.54, 1.807) is 0 Å². The fraction of sp³-hybridized carbons (Fsp3) is 0.917. The van der Waals surface area contributed by atoms with Crippen LogP contribution in [-0.2, 0) is 4.79 Å². The van der Waals surface area contributed by atoms with Crippen LogP contribution >= 0.6 is 0 Å². The van der Waals surface area contributed by atoms with Crippen LogP contribution in [0.25, 0.3) is 0 Å². The standard InChI is InChI=1S/C12H22N2O/c1-10-4-2-6-12(15)14(10)9-11-5-3-7-13-8-11/h10-11,13H,2-9H2,1H3. The molecule has 0 spiro atoms. The number of carbonyl (C=O) groups is 1. The maximum atomic E-state index is 11.8. The Morgan fingerprint density at radius 3 is 2.93 bits per heavy atom. The predicted molar refractivity (Wildman–Crippen MR) is 60.6 cm³/mol. The van der Waals surface area contributed by atoms with Crippen molar-refractivity contribution in [3.63, 3.8) is 0 Å². The zero-order chi connectivity index (χ0) is 10.7. The highest BCUT2D eigenvalue weighted by molar-refractivity contribution is 5.77. The fourth-order valence-electron chi connectivity index (χ4n) is 2.73. The van der Waals surface area contributed by atoms with Gasteiger partial charge < -0.3 is 10.2 Å². The molecule has 3 nitrogen and oxygen atoms in total. The third-order valence-corrected chi connectivity index (χ3v) is 3.72. The second-order valence-corrected chi connectivity index (χ2v) is 5.00. The molecule has 0 bridgehead atoms. The second kappa shape index (κ2) is 4.97. The van der Waals surface area contributed by atoms with E-state index in [9.17, 15) is 4.79 Å². The molecule has 0 saturated carbocycles. The molecule has 2 atom stereocenters. The Balaban J connectivity index is 1.87. The molecule has 0 radical (unpaired) electrons. The van der Waals surface area contributed by atoms with Crippen LogP contribution in [0.3, 0.4) is 0 Å². The highest BCUT2D eigenvalue weighted by atomic mass is 16.2. The predicted octanol–water partition coefficient (Wildman–Crippen LogP) is 1.39. The normalized spacial score (nSPS) is 33.1. The summed E-state index contributed by atoms with van der Waals surface area (Å²) in [6, 6.07) is 0.466. The summed E-state index contributed by atoms with van der Waals surface area (Å²) < 4.78 is 0. The van der Waals surface area contributed by atoms with E-state index in [1.807, 2.05) is 0 Å². The molecule has 2 fully saturated rings. The van der Waals surface area contributed by atoms with Gasteiger partial charge in [0.05, 0.1) is 0 Å². The summed E-state index contributed by atoms with van der Waals surface area (Å²) >= 11 is 0. The summed E-state index contributed by atoms with van der Waals surface area (Å²) in [5.41, 5.74) is 0. The van der Waals surface area contributed by atoms with E-state index in [4.69, 9.17) is 0 Å². The molecule has 0 aromatic carbocycles. The van der Waals surface area contributed by atoms with Crippen LogP contribution < -0.4 is 5.32 Å². The van der Waals surface area contributed by atoms with E-state index < -0.39 is 0 Å². The number of rotatable bonds is 2. The van der Waals surface area contributed by atoms with Crippen molar-refractivity contribution < 1.29 is 4.79 Å². The van der Waals surface area contributed by atoms with Gasteiger partial charge in [0.2, 0.25) is 5.91 Å². The molecular weight excluding hydrogens is 188 g/mol. The molecule has 0 aromatic heterocycles. The minimum atomic E-state index is 0.374. The topological polar surface area (TPSA) is 32.3 Å². The summed E-state index contributed by atoms with van der Waals surface area (Å²) in [7, 11) is 0. The first-order valence-electron chi connectivity index (χ1n) is 6.27. The molecule has 2 saturated heterocycles. The van der Waals surface area contributed by atoms with Gasteiger partial charge in [0, 0.05) is 19.0 Å². The van der Waals surface area contributed by atoms with Gasteiger partial charge in [-0.2, -0.15) is 0 Å². The third-order valence-electron chi connectivity index (χ3n) is 3.72. The molecule has 2 aliphatic rings. The Kier molecular flexibility index (Phi) is 3.62. The number of hydrogen-bond donors (Lipinski definition) is 1. The smallest absolute Gasteiger partial charge is 0.222 e. The molecule has 3 heteroatoms. The Morgan fingerprint density at radius 1 is 1.40 bits per heavy atom. The summed E-state index contributed by atoms with van der Waals surface area (Å²) in [5.74, 6) is 1.06. The summed E-state index contributed by atoms with van der Waals surface area (Å²) in [6.07, 6.45) is 5.58. The molecular formula is C12H22N2O. The van der Waals surface area contributed by atoms with Crippen molar-refractivity contribution in [2.75, 3.05) is 19.6 Å². The first-order valence-corrected chi connectivity index (χ1v) is 6.27. The average molecular weight is 210 g/mol. The van der Waals surface area contributed by atoms with Gasteiger partial charge in [-0.05, 0) is 51.6 Å². The van der Waals surface area contributed by atoms with Crippen LogP contribution in [0.1, 0.15) is 39.0 Å². The minimum Gasteiger partial charge on any atom is -0.340 e. The fourth-order valence-corrected chi connectivity index (χ4v) is 2.73. The maximum absolute atomic E-state index is 11.8. The SMILES string of the molecule is CC1CCCC(=O)N1CC1CCCNC1. The van der Waals surface area contributed by atoms with Crippen LogP contribution in [0.15, 0.2) is 0 Å². The zero-order valence-electron chi connectivity index (χ0n) is 9.67. The summed E-state index contributed by atoms with van der Waals surface area (Å²) in [4.78, 5) is 13.9. The Labute approximate surface area is 92.2 Å². The highest BCUT2D eigenvalue weighted by Gasteiger charge is 2.27.